The molecule has 0 bridgehead atoms. The zero-order valence-corrected chi connectivity index (χ0v) is 7.49. The Morgan fingerprint density at radius 2 is 1.86 bits per heavy atom. The van der Waals surface area contributed by atoms with Gasteiger partial charge in [0.05, 0.1) is 0 Å². The van der Waals surface area contributed by atoms with Gasteiger partial charge in [0, 0.05) is 5.56 Å². The van der Waals surface area contributed by atoms with Gasteiger partial charge in [-0.2, -0.15) is 0 Å². The van der Waals surface area contributed by atoms with E-state index in [0.29, 0.717) is 12.0 Å². The van der Waals surface area contributed by atoms with Crippen LogP contribution in [0.15, 0.2) is 18.7 Å². The third-order valence-electron chi connectivity index (χ3n) is 1.86. The van der Waals surface area contributed by atoms with Crippen LogP contribution in [0.2, 0.25) is 0 Å². The first-order valence-corrected chi connectivity index (χ1v) is 4.09. The molecule has 0 aliphatic heterocycles. The number of nitrogens with two attached hydrogens (primary N) is 1. The lowest BCUT2D eigenvalue weighted by Crippen LogP contribution is -2.02. The molecule has 0 saturated heterocycles. The summed E-state index contributed by atoms with van der Waals surface area (Å²) in [6.45, 7) is 3.83. The smallest absolute Gasteiger partial charge is 0.195 e. The second-order valence-corrected chi connectivity index (χ2v) is 2.87. The van der Waals surface area contributed by atoms with Crippen molar-refractivity contribution < 1.29 is 13.2 Å². The summed E-state index contributed by atoms with van der Waals surface area (Å²) in [4.78, 5) is 0. The van der Waals surface area contributed by atoms with E-state index in [2.05, 4.69) is 6.58 Å². The lowest BCUT2D eigenvalue weighted by Gasteiger charge is -2.06. The maximum atomic E-state index is 13.1. The Bertz CT molecular complexity index is 361. The summed E-state index contributed by atoms with van der Waals surface area (Å²) in [6.07, 6.45) is 0.349. The predicted molar refractivity (Wildman–Crippen MR) is 49.0 cm³/mol. The van der Waals surface area contributed by atoms with Crippen molar-refractivity contribution in [3.63, 3.8) is 0 Å². The normalized spacial score (nSPS) is 10.3. The number of hydrogen-bond donors (Lipinski definition) is 1. The van der Waals surface area contributed by atoms with Crippen LogP contribution >= 0.6 is 0 Å². The molecule has 0 aliphatic rings. The van der Waals surface area contributed by atoms with E-state index in [1.54, 1.807) is 0 Å². The van der Waals surface area contributed by atoms with E-state index in [4.69, 9.17) is 5.73 Å². The minimum Gasteiger partial charge on any atom is -0.330 e. The largest absolute Gasteiger partial charge is 0.330 e. The fourth-order valence-electron chi connectivity index (χ4n) is 1.11. The summed E-state index contributed by atoms with van der Waals surface area (Å²) in [7, 11) is 0. The topological polar surface area (TPSA) is 26.0 Å². The van der Waals surface area contributed by atoms with E-state index in [1.165, 1.54) is 0 Å². The van der Waals surface area contributed by atoms with Crippen LogP contribution in [0.1, 0.15) is 12.0 Å². The molecule has 0 atom stereocenters. The molecular formula is C10H10F3N. The van der Waals surface area contributed by atoms with Gasteiger partial charge in [-0.3, -0.25) is 0 Å². The van der Waals surface area contributed by atoms with Crippen molar-refractivity contribution in [3.8, 4) is 0 Å². The summed E-state index contributed by atoms with van der Waals surface area (Å²) < 4.78 is 38.4. The van der Waals surface area contributed by atoms with Gasteiger partial charge in [-0.15, -0.1) is 0 Å². The molecule has 0 amide bonds. The third-order valence-corrected chi connectivity index (χ3v) is 1.86. The van der Waals surface area contributed by atoms with Gasteiger partial charge in [-0.1, -0.05) is 6.58 Å². The van der Waals surface area contributed by atoms with E-state index in [0.717, 1.165) is 12.1 Å². The highest BCUT2D eigenvalue weighted by Crippen LogP contribution is 2.22. The van der Waals surface area contributed by atoms with E-state index >= 15 is 0 Å². The summed E-state index contributed by atoms with van der Waals surface area (Å²) in [6, 6.07) is 2.03. The Hall–Kier alpha value is -1.29. The molecule has 1 rings (SSSR count). The molecule has 1 aromatic carbocycles. The van der Waals surface area contributed by atoms with Crippen LogP contribution in [0.4, 0.5) is 13.2 Å². The maximum Gasteiger partial charge on any atom is 0.195 e. The third kappa shape index (κ3) is 1.96. The second-order valence-electron chi connectivity index (χ2n) is 2.87. The minimum absolute atomic E-state index is 0.0191. The Kier molecular flexibility index (Phi) is 3.30. The number of hydrogen-bond acceptors (Lipinski definition) is 1. The second kappa shape index (κ2) is 4.28. The molecule has 1 aromatic rings. The van der Waals surface area contributed by atoms with E-state index < -0.39 is 17.5 Å². The number of halogens is 3. The van der Waals surface area contributed by atoms with Gasteiger partial charge in [0.2, 0.25) is 0 Å². The molecular weight excluding hydrogens is 191 g/mol. The van der Waals surface area contributed by atoms with Crippen LogP contribution in [0.5, 0.6) is 0 Å². The summed E-state index contributed by atoms with van der Waals surface area (Å²) in [5.74, 6) is -3.88. The first kappa shape index (κ1) is 10.8. The SMILES string of the molecule is C=C(CCN)c1ccc(F)c(F)c1F. The van der Waals surface area contributed by atoms with Gasteiger partial charge in [0.15, 0.2) is 17.5 Å². The first-order valence-electron chi connectivity index (χ1n) is 4.09. The van der Waals surface area contributed by atoms with Crippen LogP contribution in [0.3, 0.4) is 0 Å². The Morgan fingerprint density at radius 1 is 1.21 bits per heavy atom. The van der Waals surface area contributed by atoms with Gasteiger partial charge in [-0.05, 0) is 30.7 Å². The Labute approximate surface area is 80.0 Å². The molecule has 0 radical (unpaired) electrons. The molecule has 0 aromatic heterocycles. The highest BCUT2D eigenvalue weighted by molar-refractivity contribution is 5.64. The fraction of sp³-hybridized carbons (Fsp3) is 0.200. The van der Waals surface area contributed by atoms with Crippen LogP contribution < -0.4 is 5.73 Å². The lowest BCUT2D eigenvalue weighted by molar-refractivity contribution is 0.445. The van der Waals surface area contributed by atoms with Crippen molar-refractivity contribution in [3.05, 3.63) is 41.7 Å². The van der Waals surface area contributed by atoms with Gasteiger partial charge >= 0.3 is 0 Å². The van der Waals surface area contributed by atoms with Crippen LogP contribution in [0.25, 0.3) is 5.57 Å². The van der Waals surface area contributed by atoms with Crippen LogP contribution in [0, 0.1) is 17.5 Å². The van der Waals surface area contributed by atoms with Crippen LogP contribution in [-0.2, 0) is 0 Å². The highest BCUT2D eigenvalue weighted by Gasteiger charge is 2.14. The van der Waals surface area contributed by atoms with Crippen molar-refractivity contribution in [2.45, 2.75) is 6.42 Å². The molecule has 0 heterocycles. The summed E-state index contributed by atoms with van der Waals surface area (Å²) >= 11 is 0. The molecule has 0 unspecified atom stereocenters. The van der Waals surface area contributed by atoms with E-state index in [1.807, 2.05) is 0 Å². The fourth-order valence-corrected chi connectivity index (χ4v) is 1.11. The quantitative estimate of drug-likeness (QED) is 0.747. The number of benzene rings is 1. The van der Waals surface area contributed by atoms with Crippen molar-refractivity contribution in [2.24, 2.45) is 5.73 Å². The molecule has 0 spiro atoms. The molecule has 0 fully saturated rings. The molecule has 4 heteroatoms. The van der Waals surface area contributed by atoms with Crippen LogP contribution in [-0.4, -0.2) is 6.54 Å². The molecule has 0 aliphatic carbocycles. The first-order chi connectivity index (χ1) is 6.57. The molecule has 14 heavy (non-hydrogen) atoms. The molecule has 1 nitrogen and oxygen atoms in total. The van der Waals surface area contributed by atoms with Gasteiger partial charge in [-0.25, -0.2) is 13.2 Å². The Balaban J connectivity index is 3.11. The lowest BCUT2D eigenvalue weighted by atomic mass is 10.0. The zero-order valence-electron chi connectivity index (χ0n) is 7.49. The van der Waals surface area contributed by atoms with Crippen molar-refractivity contribution in [1.29, 1.82) is 0 Å². The highest BCUT2D eigenvalue weighted by atomic mass is 19.2. The van der Waals surface area contributed by atoms with Crippen molar-refractivity contribution in [2.75, 3.05) is 6.54 Å². The minimum atomic E-state index is -1.47. The van der Waals surface area contributed by atoms with E-state index in [9.17, 15) is 13.2 Å². The monoisotopic (exact) mass is 201 g/mol. The van der Waals surface area contributed by atoms with Gasteiger partial charge < -0.3 is 5.73 Å². The zero-order chi connectivity index (χ0) is 10.7. The average Bonchev–Trinajstić information content (AvgIpc) is 2.15. The Morgan fingerprint density at radius 3 is 2.43 bits per heavy atom. The standard InChI is InChI=1S/C10H10F3N/c1-6(4-5-14)7-2-3-8(11)10(13)9(7)12/h2-3H,1,4-5,14H2. The van der Waals surface area contributed by atoms with E-state index in [-0.39, 0.29) is 12.1 Å². The van der Waals surface area contributed by atoms with Gasteiger partial charge in [0.1, 0.15) is 0 Å². The van der Waals surface area contributed by atoms with Gasteiger partial charge in [0.25, 0.3) is 0 Å². The summed E-state index contributed by atoms with van der Waals surface area (Å²) in [5.41, 5.74) is 5.58. The van der Waals surface area contributed by atoms with Crippen molar-refractivity contribution >= 4 is 5.57 Å². The molecule has 0 saturated carbocycles. The molecule has 76 valence electrons. The van der Waals surface area contributed by atoms with Crippen molar-refractivity contribution in [1.82, 2.24) is 0 Å². The average molecular weight is 201 g/mol. The summed E-state index contributed by atoms with van der Waals surface area (Å²) in [5, 5.41) is 0. The molecule has 2 N–H and O–H groups in total. The maximum absolute atomic E-state index is 13.1. The predicted octanol–water partition coefficient (Wildman–Crippen LogP) is 2.47. The number of rotatable bonds is 3.